The lowest BCUT2D eigenvalue weighted by Gasteiger charge is -2.15. The summed E-state index contributed by atoms with van der Waals surface area (Å²) in [7, 11) is 0. The van der Waals surface area contributed by atoms with E-state index in [9.17, 15) is 0 Å². The van der Waals surface area contributed by atoms with Crippen molar-refractivity contribution in [3.8, 4) is 0 Å². The molecule has 1 aromatic heterocycles. The fourth-order valence-electron chi connectivity index (χ4n) is 1.44. The van der Waals surface area contributed by atoms with E-state index < -0.39 is 0 Å². The quantitative estimate of drug-likeness (QED) is 0.864. The van der Waals surface area contributed by atoms with Gasteiger partial charge in [0.15, 0.2) is 0 Å². The molecule has 1 fully saturated rings. The lowest BCUT2D eigenvalue weighted by molar-refractivity contribution is 0.821. The first-order chi connectivity index (χ1) is 7.54. The minimum Gasteiger partial charge on any atom is -0.369 e. The monoisotopic (exact) mass is 259 g/mol. The highest BCUT2D eigenvalue weighted by molar-refractivity contribution is 6.37. The number of nitrogens with zero attached hydrogens (tertiary/aromatic N) is 1. The van der Waals surface area contributed by atoms with Crippen LogP contribution in [0.1, 0.15) is 26.7 Å². The van der Waals surface area contributed by atoms with Gasteiger partial charge < -0.3 is 10.6 Å². The van der Waals surface area contributed by atoms with Gasteiger partial charge in [-0.3, -0.25) is 0 Å². The predicted octanol–water partition coefficient (Wildman–Crippen LogP) is 3.78. The van der Waals surface area contributed by atoms with Gasteiger partial charge in [-0.2, -0.15) is 0 Å². The second-order valence-electron chi connectivity index (χ2n) is 4.37. The average molecular weight is 260 g/mol. The zero-order valence-electron chi connectivity index (χ0n) is 9.40. The van der Waals surface area contributed by atoms with Gasteiger partial charge in [0.1, 0.15) is 11.6 Å². The van der Waals surface area contributed by atoms with E-state index in [4.69, 9.17) is 23.2 Å². The van der Waals surface area contributed by atoms with Crippen LogP contribution in [0.5, 0.6) is 0 Å². The third-order valence-corrected chi connectivity index (χ3v) is 3.27. The van der Waals surface area contributed by atoms with Crippen molar-refractivity contribution in [2.75, 3.05) is 17.2 Å². The average Bonchev–Trinajstić information content (AvgIpc) is 2.92. The molecular weight excluding hydrogens is 245 g/mol. The molecule has 1 aliphatic carbocycles. The zero-order valence-corrected chi connectivity index (χ0v) is 10.9. The van der Waals surface area contributed by atoms with Crippen LogP contribution in [0, 0.1) is 0 Å². The first kappa shape index (κ1) is 11.8. The van der Waals surface area contributed by atoms with E-state index >= 15 is 0 Å². The minimum absolute atomic E-state index is 0.161. The first-order valence-corrected chi connectivity index (χ1v) is 6.18. The van der Waals surface area contributed by atoms with Gasteiger partial charge in [0.05, 0.1) is 10.0 Å². The van der Waals surface area contributed by atoms with Gasteiger partial charge in [0, 0.05) is 12.1 Å². The molecule has 0 bridgehead atoms. The van der Waals surface area contributed by atoms with Gasteiger partial charge in [0.25, 0.3) is 0 Å². The van der Waals surface area contributed by atoms with Crippen molar-refractivity contribution in [1.29, 1.82) is 0 Å². The van der Waals surface area contributed by atoms with Crippen molar-refractivity contribution in [2.45, 2.75) is 32.2 Å². The molecule has 0 aliphatic heterocycles. The van der Waals surface area contributed by atoms with Crippen LogP contribution in [0.4, 0.5) is 11.6 Å². The zero-order chi connectivity index (χ0) is 11.8. The summed E-state index contributed by atoms with van der Waals surface area (Å²) in [5.41, 5.74) is 0.161. The van der Waals surface area contributed by atoms with Crippen molar-refractivity contribution in [1.82, 2.24) is 4.98 Å². The Bertz CT molecular complexity index is 402. The van der Waals surface area contributed by atoms with Crippen LogP contribution in [-0.4, -0.2) is 17.1 Å². The number of aromatic nitrogens is 1. The normalized spacial score (nSPS) is 17.0. The van der Waals surface area contributed by atoms with Crippen LogP contribution >= 0.6 is 23.2 Å². The Morgan fingerprint density at radius 3 is 2.50 bits per heavy atom. The molecule has 2 rings (SSSR count). The van der Waals surface area contributed by atoms with E-state index in [1.807, 2.05) is 6.92 Å². The summed E-state index contributed by atoms with van der Waals surface area (Å²) in [6.45, 7) is 4.94. The molecule has 16 heavy (non-hydrogen) atoms. The van der Waals surface area contributed by atoms with Gasteiger partial charge in [0.2, 0.25) is 0 Å². The van der Waals surface area contributed by atoms with Crippen molar-refractivity contribution >= 4 is 34.8 Å². The lowest BCUT2D eigenvalue weighted by atomic mass is 10.3. The third kappa shape index (κ3) is 2.53. The molecule has 0 amide bonds. The number of pyridine rings is 1. The van der Waals surface area contributed by atoms with E-state index in [-0.39, 0.29) is 5.54 Å². The Morgan fingerprint density at radius 2 is 1.94 bits per heavy atom. The maximum absolute atomic E-state index is 6.10. The molecule has 0 aromatic carbocycles. The molecule has 88 valence electrons. The Kier molecular flexibility index (Phi) is 3.17. The van der Waals surface area contributed by atoms with Gasteiger partial charge in [-0.25, -0.2) is 4.98 Å². The van der Waals surface area contributed by atoms with Gasteiger partial charge in [-0.05, 0) is 32.8 Å². The van der Waals surface area contributed by atoms with Gasteiger partial charge in [-0.15, -0.1) is 0 Å². The van der Waals surface area contributed by atoms with Crippen molar-refractivity contribution in [3.63, 3.8) is 0 Å². The summed E-state index contributed by atoms with van der Waals surface area (Å²) >= 11 is 12.1. The number of hydrogen-bond donors (Lipinski definition) is 2. The first-order valence-electron chi connectivity index (χ1n) is 5.42. The van der Waals surface area contributed by atoms with Crippen LogP contribution in [0.3, 0.4) is 0 Å². The van der Waals surface area contributed by atoms with E-state index in [1.165, 1.54) is 0 Å². The largest absolute Gasteiger partial charge is 0.369 e. The predicted molar refractivity (Wildman–Crippen MR) is 69.7 cm³/mol. The molecule has 0 unspecified atom stereocenters. The molecule has 1 heterocycles. The molecule has 0 spiro atoms. The second kappa shape index (κ2) is 4.30. The molecule has 2 N–H and O–H groups in total. The SMILES string of the molecule is CCNc1nc(NC2(C)CC2)c(Cl)cc1Cl. The van der Waals surface area contributed by atoms with E-state index in [0.717, 1.165) is 19.4 Å². The highest BCUT2D eigenvalue weighted by atomic mass is 35.5. The summed E-state index contributed by atoms with van der Waals surface area (Å²) in [5.74, 6) is 1.39. The molecule has 3 nitrogen and oxygen atoms in total. The Balaban J connectivity index is 2.25. The lowest BCUT2D eigenvalue weighted by Crippen LogP contribution is -2.17. The Hall–Kier alpha value is -0.670. The molecule has 1 saturated carbocycles. The number of nitrogens with one attached hydrogen (secondary N) is 2. The van der Waals surface area contributed by atoms with Crippen molar-refractivity contribution in [3.05, 3.63) is 16.1 Å². The number of anilines is 2. The molecule has 0 radical (unpaired) electrons. The number of halogens is 2. The maximum atomic E-state index is 6.10. The Labute approximate surface area is 106 Å². The standard InChI is InChI=1S/C11H15Cl2N3/c1-3-14-9-7(12)6-8(13)10(15-9)16-11(2)4-5-11/h6H,3-5H2,1-2H3,(H2,14,15,16). The smallest absolute Gasteiger partial charge is 0.147 e. The van der Waals surface area contributed by atoms with Gasteiger partial charge >= 0.3 is 0 Å². The summed E-state index contributed by atoms with van der Waals surface area (Å²) < 4.78 is 0. The molecule has 1 aromatic rings. The van der Waals surface area contributed by atoms with Crippen molar-refractivity contribution in [2.24, 2.45) is 0 Å². The van der Waals surface area contributed by atoms with Crippen LogP contribution in [0.2, 0.25) is 10.0 Å². The van der Waals surface area contributed by atoms with E-state index in [2.05, 4.69) is 22.5 Å². The molecule has 5 heteroatoms. The summed E-state index contributed by atoms with van der Waals surface area (Å²) in [4.78, 5) is 4.40. The van der Waals surface area contributed by atoms with Crippen LogP contribution in [0.25, 0.3) is 0 Å². The molecule has 0 atom stereocenters. The van der Waals surface area contributed by atoms with Gasteiger partial charge in [-0.1, -0.05) is 23.2 Å². The summed E-state index contributed by atoms with van der Waals surface area (Å²) in [6.07, 6.45) is 2.31. The molecular formula is C11H15Cl2N3. The summed E-state index contributed by atoms with van der Waals surface area (Å²) in [6, 6.07) is 1.72. The van der Waals surface area contributed by atoms with Crippen LogP contribution < -0.4 is 10.6 Å². The molecule has 1 aliphatic rings. The highest BCUT2D eigenvalue weighted by Gasteiger charge is 2.38. The summed E-state index contributed by atoms with van der Waals surface area (Å²) in [5, 5.41) is 7.58. The van der Waals surface area contributed by atoms with Crippen LogP contribution in [-0.2, 0) is 0 Å². The topological polar surface area (TPSA) is 37.0 Å². The third-order valence-electron chi connectivity index (χ3n) is 2.69. The molecule has 0 saturated heterocycles. The second-order valence-corrected chi connectivity index (χ2v) is 5.18. The minimum atomic E-state index is 0.161. The number of hydrogen-bond acceptors (Lipinski definition) is 3. The Morgan fingerprint density at radius 1 is 1.31 bits per heavy atom. The van der Waals surface area contributed by atoms with Crippen molar-refractivity contribution < 1.29 is 0 Å². The maximum Gasteiger partial charge on any atom is 0.147 e. The fourth-order valence-corrected chi connectivity index (χ4v) is 1.92. The van der Waals surface area contributed by atoms with Crippen LogP contribution in [0.15, 0.2) is 6.07 Å². The number of rotatable bonds is 4. The van der Waals surface area contributed by atoms with E-state index in [1.54, 1.807) is 6.07 Å². The highest BCUT2D eigenvalue weighted by Crippen LogP contribution is 2.40. The fraction of sp³-hybridized carbons (Fsp3) is 0.545. The van der Waals surface area contributed by atoms with E-state index in [0.29, 0.717) is 21.7 Å².